The molecule has 2 aliphatic heterocycles. The van der Waals surface area contributed by atoms with Crippen LogP contribution in [0.5, 0.6) is 0 Å². The number of hydrogen-bond acceptors (Lipinski definition) is 3. The second-order valence-electron chi connectivity index (χ2n) is 10.5. The van der Waals surface area contributed by atoms with Crippen LogP contribution < -0.4 is 0 Å². The first-order valence-corrected chi connectivity index (χ1v) is 12.0. The maximum atomic E-state index is 13.5. The van der Waals surface area contributed by atoms with Crippen molar-refractivity contribution in [1.29, 1.82) is 0 Å². The van der Waals surface area contributed by atoms with Crippen LogP contribution in [-0.4, -0.2) is 46.7 Å². The predicted octanol–water partition coefficient (Wildman–Crippen LogP) is 6.48. The molecule has 4 nitrogen and oxygen atoms in total. The van der Waals surface area contributed by atoms with E-state index in [-0.39, 0.29) is 29.2 Å². The van der Waals surface area contributed by atoms with Crippen molar-refractivity contribution in [3.63, 3.8) is 0 Å². The standard InChI is InChI=1S/C28H34F2N2O2/c1-20-28(34-26(33)32(20)27(2,3)4)15-18-31(19-16-28)17-5-6-25(21-7-11-23(29)12-8-21)22-9-13-24(30)14-10-22/h7-14,25H,1,5-6,15-19H2,2-4H3. The maximum absolute atomic E-state index is 13.5. The van der Waals surface area contributed by atoms with E-state index in [0.29, 0.717) is 0 Å². The van der Waals surface area contributed by atoms with Gasteiger partial charge in [0.2, 0.25) is 0 Å². The van der Waals surface area contributed by atoms with Crippen LogP contribution in [0.25, 0.3) is 0 Å². The summed E-state index contributed by atoms with van der Waals surface area (Å²) in [5.41, 5.74) is 1.89. The summed E-state index contributed by atoms with van der Waals surface area (Å²) in [5.74, 6) is -0.445. The molecule has 2 aliphatic rings. The fourth-order valence-electron chi connectivity index (χ4n) is 5.23. The van der Waals surface area contributed by atoms with E-state index in [1.165, 1.54) is 24.3 Å². The van der Waals surface area contributed by atoms with Crippen molar-refractivity contribution >= 4 is 6.09 Å². The summed E-state index contributed by atoms with van der Waals surface area (Å²) >= 11 is 0. The lowest BCUT2D eigenvalue weighted by atomic mass is 9.86. The third kappa shape index (κ3) is 5.02. The third-order valence-corrected chi connectivity index (χ3v) is 7.11. The van der Waals surface area contributed by atoms with E-state index in [1.54, 1.807) is 4.90 Å². The van der Waals surface area contributed by atoms with E-state index >= 15 is 0 Å². The topological polar surface area (TPSA) is 32.8 Å². The Balaban J connectivity index is 1.36. The lowest BCUT2D eigenvalue weighted by Gasteiger charge is -2.39. The van der Waals surface area contributed by atoms with Gasteiger partial charge in [0.05, 0.1) is 5.70 Å². The molecule has 0 radical (unpaired) electrons. The molecule has 2 fully saturated rings. The van der Waals surface area contributed by atoms with Crippen LogP contribution in [0.1, 0.15) is 63.5 Å². The first kappa shape index (κ1) is 24.4. The minimum absolute atomic E-state index is 0.0771. The van der Waals surface area contributed by atoms with Crippen LogP contribution in [0, 0.1) is 11.6 Å². The number of likely N-dealkylation sites (tertiary alicyclic amines) is 1. The molecule has 2 aromatic carbocycles. The van der Waals surface area contributed by atoms with Crippen molar-refractivity contribution in [2.24, 2.45) is 0 Å². The van der Waals surface area contributed by atoms with Gasteiger partial charge in [-0.05, 0) is 75.5 Å². The molecule has 0 saturated carbocycles. The Hall–Kier alpha value is -2.73. The predicted molar refractivity (Wildman–Crippen MR) is 129 cm³/mol. The van der Waals surface area contributed by atoms with Gasteiger partial charge >= 0.3 is 6.09 Å². The zero-order valence-corrected chi connectivity index (χ0v) is 20.3. The van der Waals surface area contributed by atoms with Crippen LogP contribution >= 0.6 is 0 Å². The lowest BCUT2D eigenvalue weighted by Crippen LogP contribution is -2.47. The van der Waals surface area contributed by atoms with E-state index in [4.69, 9.17) is 4.74 Å². The number of hydrogen-bond donors (Lipinski definition) is 0. The lowest BCUT2D eigenvalue weighted by molar-refractivity contribution is 0.0141. The van der Waals surface area contributed by atoms with Gasteiger partial charge in [-0.25, -0.2) is 13.6 Å². The number of rotatable bonds is 6. The Bertz CT molecular complexity index is 974. The third-order valence-electron chi connectivity index (χ3n) is 7.11. The number of benzene rings is 2. The van der Waals surface area contributed by atoms with E-state index in [0.717, 1.165) is 62.1 Å². The van der Waals surface area contributed by atoms with Crippen molar-refractivity contribution in [1.82, 2.24) is 9.80 Å². The number of nitrogens with zero attached hydrogens (tertiary/aromatic N) is 2. The average Bonchev–Trinajstić information content (AvgIpc) is 3.03. The van der Waals surface area contributed by atoms with Crippen molar-refractivity contribution in [3.05, 3.63) is 83.6 Å². The summed E-state index contributed by atoms with van der Waals surface area (Å²) in [7, 11) is 0. The van der Waals surface area contributed by atoms with Crippen molar-refractivity contribution < 1.29 is 18.3 Å². The van der Waals surface area contributed by atoms with Gasteiger partial charge in [0.1, 0.15) is 11.6 Å². The van der Waals surface area contributed by atoms with E-state index < -0.39 is 5.60 Å². The van der Waals surface area contributed by atoms with Crippen LogP contribution in [0.2, 0.25) is 0 Å². The molecule has 0 aromatic heterocycles. The largest absolute Gasteiger partial charge is 0.436 e. The first-order valence-electron chi connectivity index (χ1n) is 12.0. The van der Waals surface area contributed by atoms with E-state index in [9.17, 15) is 13.6 Å². The summed E-state index contributed by atoms with van der Waals surface area (Å²) in [5, 5.41) is 0. The average molecular weight is 469 g/mol. The fraction of sp³-hybridized carbons (Fsp3) is 0.464. The Morgan fingerprint density at radius 2 is 1.47 bits per heavy atom. The van der Waals surface area contributed by atoms with Gasteiger partial charge in [-0.3, -0.25) is 4.90 Å². The Kier molecular flexibility index (Phi) is 6.81. The molecule has 34 heavy (non-hydrogen) atoms. The highest BCUT2D eigenvalue weighted by Crippen LogP contribution is 2.43. The highest BCUT2D eigenvalue weighted by molar-refractivity contribution is 5.76. The first-order chi connectivity index (χ1) is 16.1. The molecule has 1 spiro atoms. The molecular formula is C28H34F2N2O2. The molecule has 4 rings (SSSR count). The summed E-state index contributed by atoms with van der Waals surface area (Å²) in [6, 6.07) is 13.2. The minimum Gasteiger partial charge on any atom is -0.436 e. The number of halogens is 2. The smallest absolute Gasteiger partial charge is 0.415 e. The minimum atomic E-state index is -0.592. The summed E-state index contributed by atoms with van der Waals surface area (Å²) < 4.78 is 32.8. The SMILES string of the molecule is C=C1N(C(C)(C)C)C(=O)OC12CCN(CCCC(c1ccc(F)cc1)c1ccc(F)cc1)CC2. The molecule has 0 aliphatic carbocycles. The van der Waals surface area contributed by atoms with Gasteiger partial charge in [-0.15, -0.1) is 0 Å². The van der Waals surface area contributed by atoms with Gasteiger partial charge in [-0.2, -0.15) is 0 Å². The quantitative estimate of drug-likeness (QED) is 0.487. The number of ether oxygens (including phenoxy) is 1. The van der Waals surface area contributed by atoms with Crippen molar-refractivity contribution in [3.8, 4) is 0 Å². The molecule has 0 bridgehead atoms. The highest BCUT2D eigenvalue weighted by atomic mass is 19.1. The highest BCUT2D eigenvalue weighted by Gasteiger charge is 2.53. The van der Waals surface area contributed by atoms with Gasteiger partial charge in [0.25, 0.3) is 0 Å². The molecule has 2 saturated heterocycles. The monoisotopic (exact) mass is 468 g/mol. The second kappa shape index (κ2) is 9.49. The molecule has 0 unspecified atom stereocenters. The number of carbonyl (C=O) groups is 1. The number of amides is 1. The zero-order chi connectivity index (χ0) is 24.5. The van der Waals surface area contributed by atoms with Gasteiger partial charge < -0.3 is 9.64 Å². The molecule has 0 N–H and O–H groups in total. The Morgan fingerprint density at radius 1 is 0.971 bits per heavy atom. The Labute approximate surface area is 201 Å². The second-order valence-corrected chi connectivity index (χ2v) is 10.5. The Morgan fingerprint density at radius 3 is 1.91 bits per heavy atom. The van der Waals surface area contributed by atoms with Crippen LogP contribution in [-0.2, 0) is 4.74 Å². The molecule has 1 amide bonds. The van der Waals surface area contributed by atoms with Crippen molar-refractivity contribution in [2.45, 2.75) is 63.5 Å². The number of piperidine rings is 1. The van der Waals surface area contributed by atoms with Crippen molar-refractivity contribution in [2.75, 3.05) is 19.6 Å². The summed E-state index contributed by atoms with van der Waals surface area (Å²) in [6.07, 6.45) is 3.00. The van der Waals surface area contributed by atoms with Gasteiger partial charge in [0.15, 0.2) is 5.60 Å². The molecule has 182 valence electrons. The zero-order valence-electron chi connectivity index (χ0n) is 20.3. The van der Waals surface area contributed by atoms with Crippen LogP contribution in [0.4, 0.5) is 13.6 Å². The van der Waals surface area contributed by atoms with E-state index in [2.05, 4.69) is 11.5 Å². The fourth-order valence-corrected chi connectivity index (χ4v) is 5.23. The van der Waals surface area contributed by atoms with Gasteiger partial charge in [0, 0.05) is 37.4 Å². The molecule has 2 heterocycles. The summed E-state index contributed by atoms with van der Waals surface area (Å²) in [4.78, 5) is 16.6. The van der Waals surface area contributed by atoms with Crippen LogP contribution in [0.3, 0.4) is 0 Å². The molecular weight excluding hydrogens is 434 g/mol. The normalized spacial score (nSPS) is 18.7. The summed E-state index contributed by atoms with van der Waals surface area (Å²) in [6.45, 7) is 12.8. The van der Waals surface area contributed by atoms with Gasteiger partial charge in [-0.1, -0.05) is 30.8 Å². The molecule has 6 heteroatoms. The van der Waals surface area contributed by atoms with E-state index in [1.807, 2.05) is 45.0 Å². The molecule has 0 atom stereocenters. The molecule has 2 aromatic rings. The maximum Gasteiger partial charge on any atom is 0.415 e. The van der Waals surface area contributed by atoms with Crippen LogP contribution in [0.15, 0.2) is 60.8 Å². The number of carbonyl (C=O) groups excluding carboxylic acids is 1.